The third kappa shape index (κ3) is 5.42. The molecule has 3 N–H and O–H groups in total. The van der Waals surface area contributed by atoms with Gasteiger partial charge in [-0.3, -0.25) is 9.52 Å². The first-order valence-corrected chi connectivity index (χ1v) is 15.3. The van der Waals surface area contributed by atoms with Gasteiger partial charge in [0.2, 0.25) is 26.0 Å². The van der Waals surface area contributed by atoms with E-state index in [0.29, 0.717) is 33.5 Å². The van der Waals surface area contributed by atoms with Crippen molar-refractivity contribution in [1.82, 2.24) is 19.4 Å². The first-order chi connectivity index (χ1) is 18.3. The number of rotatable bonds is 7. The average molecular weight is 591 g/mol. The SMILES string of the molecule is Cc1cc(C[C@H](NS(=O)(=O)c2cc(F)cc(Cl)c2C)c2nc3ccccc3[nH]2)ccc1C1CC(=O)NS1(=O)=O. The molecular weight excluding hydrogens is 567 g/mol. The highest BCUT2D eigenvalue weighted by Gasteiger charge is 2.38. The summed E-state index contributed by atoms with van der Waals surface area (Å²) in [5, 5.41) is -1.01. The number of aromatic amines is 1. The van der Waals surface area contributed by atoms with E-state index in [4.69, 9.17) is 11.6 Å². The van der Waals surface area contributed by atoms with E-state index in [-0.39, 0.29) is 28.3 Å². The van der Waals surface area contributed by atoms with E-state index in [2.05, 4.69) is 14.7 Å². The van der Waals surface area contributed by atoms with Crippen LogP contribution in [0.1, 0.15) is 45.8 Å². The lowest BCUT2D eigenvalue weighted by molar-refractivity contribution is -0.118. The number of nitrogens with zero attached hydrogens (tertiary/aromatic N) is 1. The van der Waals surface area contributed by atoms with Crippen LogP contribution in [0.5, 0.6) is 0 Å². The predicted octanol–water partition coefficient (Wildman–Crippen LogP) is 4.13. The molecule has 13 heteroatoms. The molecule has 0 bridgehead atoms. The summed E-state index contributed by atoms with van der Waals surface area (Å²) in [5.41, 5.74) is 3.36. The lowest BCUT2D eigenvalue weighted by Crippen LogP contribution is -2.31. The van der Waals surface area contributed by atoms with Crippen molar-refractivity contribution in [3.05, 3.63) is 93.5 Å². The first kappa shape index (κ1) is 27.3. The molecule has 0 saturated carbocycles. The third-order valence-electron chi connectivity index (χ3n) is 6.71. The van der Waals surface area contributed by atoms with Crippen LogP contribution in [-0.4, -0.2) is 32.7 Å². The van der Waals surface area contributed by atoms with Crippen LogP contribution in [0, 0.1) is 19.7 Å². The number of hydrogen-bond acceptors (Lipinski definition) is 6. The summed E-state index contributed by atoms with van der Waals surface area (Å²) >= 11 is 6.06. The van der Waals surface area contributed by atoms with Crippen LogP contribution in [0.2, 0.25) is 5.02 Å². The predicted molar refractivity (Wildman–Crippen MR) is 145 cm³/mol. The topological polar surface area (TPSA) is 138 Å². The van der Waals surface area contributed by atoms with Crippen molar-refractivity contribution in [2.45, 2.75) is 42.9 Å². The van der Waals surface area contributed by atoms with Crippen LogP contribution in [0.15, 0.2) is 59.5 Å². The van der Waals surface area contributed by atoms with E-state index in [1.54, 1.807) is 31.2 Å². The molecule has 0 radical (unpaired) electrons. The van der Waals surface area contributed by atoms with E-state index in [1.807, 2.05) is 22.9 Å². The van der Waals surface area contributed by atoms with Gasteiger partial charge in [-0.25, -0.2) is 30.9 Å². The summed E-state index contributed by atoms with van der Waals surface area (Å²) in [6.45, 7) is 3.22. The highest BCUT2D eigenvalue weighted by atomic mass is 35.5. The van der Waals surface area contributed by atoms with Gasteiger partial charge in [0.15, 0.2) is 0 Å². The number of carbonyl (C=O) groups is 1. The number of hydrogen-bond donors (Lipinski definition) is 3. The smallest absolute Gasteiger partial charge is 0.242 e. The largest absolute Gasteiger partial charge is 0.341 e. The molecule has 1 aliphatic heterocycles. The maximum Gasteiger partial charge on any atom is 0.242 e. The molecule has 1 saturated heterocycles. The molecule has 5 rings (SSSR count). The number of imidazole rings is 1. The van der Waals surface area contributed by atoms with E-state index in [0.717, 1.165) is 12.1 Å². The minimum atomic E-state index is -4.25. The van der Waals surface area contributed by atoms with Crippen molar-refractivity contribution in [3.8, 4) is 0 Å². The van der Waals surface area contributed by atoms with Gasteiger partial charge in [-0.15, -0.1) is 0 Å². The van der Waals surface area contributed by atoms with Crippen molar-refractivity contribution < 1.29 is 26.0 Å². The molecule has 4 aromatic rings. The van der Waals surface area contributed by atoms with Crippen LogP contribution in [-0.2, 0) is 31.3 Å². The van der Waals surface area contributed by atoms with Crippen molar-refractivity contribution in [2.75, 3.05) is 0 Å². The monoisotopic (exact) mass is 590 g/mol. The second kappa shape index (κ2) is 10.0. The number of aryl methyl sites for hydroxylation is 1. The van der Waals surface area contributed by atoms with Crippen molar-refractivity contribution in [3.63, 3.8) is 0 Å². The number of para-hydroxylation sites is 2. The standard InChI is InChI=1S/C26H24ClFN4O5S2/c1-14-9-16(7-8-18(14)24-13-25(33)32-39(24,36)37)10-22(26-29-20-5-3-4-6-21(20)30-26)31-38(34,35)23-12-17(28)11-19(27)15(23)2/h3-9,11-12,22,24,31H,10,13H2,1-2H3,(H,29,30)(H,32,33)/t22-,24?/m0/s1. The minimum absolute atomic E-state index is 0.0169. The number of amides is 1. The summed E-state index contributed by atoms with van der Waals surface area (Å²) < 4.78 is 70.4. The Labute approximate surface area is 229 Å². The molecule has 9 nitrogen and oxygen atoms in total. The fraction of sp³-hybridized carbons (Fsp3) is 0.231. The maximum absolute atomic E-state index is 14.1. The van der Waals surface area contributed by atoms with E-state index in [1.165, 1.54) is 6.92 Å². The minimum Gasteiger partial charge on any atom is -0.341 e. The second-order valence-corrected chi connectivity index (χ2v) is 13.4. The summed E-state index contributed by atoms with van der Waals surface area (Å²) in [6.07, 6.45) is -0.0314. The van der Waals surface area contributed by atoms with E-state index < -0.39 is 43.1 Å². The molecule has 1 amide bonds. The summed E-state index contributed by atoms with van der Waals surface area (Å²) in [7, 11) is -8.07. The lowest BCUT2D eigenvalue weighted by atomic mass is 9.97. The Morgan fingerprint density at radius 3 is 2.56 bits per heavy atom. The highest BCUT2D eigenvalue weighted by molar-refractivity contribution is 7.90. The number of halogens is 2. The van der Waals surface area contributed by atoms with E-state index >= 15 is 0 Å². The zero-order chi connectivity index (χ0) is 28.1. The molecule has 1 aromatic heterocycles. The van der Waals surface area contributed by atoms with Gasteiger partial charge in [-0.1, -0.05) is 41.9 Å². The van der Waals surface area contributed by atoms with Crippen LogP contribution in [0.25, 0.3) is 11.0 Å². The molecule has 39 heavy (non-hydrogen) atoms. The van der Waals surface area contributed by atoms with Crippen LogP contribution >= 0.6 is 11.6 Å². The van der Waals surface area contributed by atoms with Crippen molar-refractivity contribution in [2.24, 2.45) is 0 Å². The first-order valence-electron chi connectivity index (χ1n) is 11.9. The van der Waals surface area contributed by atoms with Gasteiger partial charge in [0.25, 0.3) is 0 Å². The molecule has 0 aliphatic carbocycles. The van der Waals surface area contributed by atoms with Gasteiger partial charge in [-0.2, -0.15) is 0 Å². The second-order valence-electron chi connectivity index (χ2n) is 9.48. The fourth-order valence-corrected chi connectivity index (χ4v) is 8.02. The van der Waals surface area contributed by atoms with Gasteiger partial charge in [-0.05, 0) is 66.8 Å². The van der Waals surface area contributed by atoms with E-state index in [9.17, 15) is 26.0 Å². The molecule has 1 unspecified atom stereocenters. The molecule has 0 spiro atoms. The number of fused-ring (bicyclic) bond motifs is 1. The molecule has 2 heterocycles. The molecule has 204 valence electrons. The van der Waals surface area contributed by atoms with Gasteiger partial charge in [0.05, 0.1) is 28.4 Å². The molecule has 2 atom stereocenters. The molecule has 3 aromatic carbocycles. The number of H-pyrrole nitrogens is 1. The number of aromatic nitrogens is 2. The zero-order valence-electron chi connectivity index (χ0n) is 20.8. The number of carbonyl (C=O) groups excluding carboxylic acids is 1. The van der Waals surface area contributed by atoms with Gasteiger partial charge < -0.3 is 4.98 Å². The lowest BCUT2D eigenvalue weighted by Gasteiger charge is -2.20. The quantitative estimate of drug-likeness (QED) is 0.296. The number of nitrogens with one attached hydrogen (secondary N) is 3. The van der Waals surface area contributed by atoms with Crippen molar-refractivity contribution >= 4 is 48.6 Å². The molecular formula is C26H24ClFN4O5S2. The Kier molecular flexibility index (Phi) is 7.00. The average Bonchev–Trinajstić information content (AvgIpc) is 3.40. The Morgan fingerprint density at radius 1 is 1.15 bits per heavy atom. The summed E-state index contributed by atoms with van der Waals surface area (Å²) in [5.74, 6) is -1.00. The fourth-order valence-electron chi connectivity index (χ4n) is 4.77. The Balaban J connectivity index is 1.52. The van der Waals surface area contributed by atoms with Gasteiger partial charge in [0, 0.05) is 5.02 Å². The van der Waals surface area contributed by atoms with Crippen LogP contribution in [0.4, 0.5) is 4.39 Å². The zero-order valence-corrected chi connectivity index (χ0v) is 23.2. The number of sulfonamides is 2. The Bertz CT molecular complexity index is 1810. The molecule has 1 fully saturated rings. The highest BCUT2D eigenvalue weighted by Crippen LogP contribution is 2.33. The Hall–Kier alpha value is -3.32. The van der Waals surface area contributed by atoms with Crippen LogP contribution in [0.3, 0.4) is 0 Å². The maximum atomic E-state index is 14.1. The van der Waals surface area contributed by atoms with Crippen molar-refractivity contribution in [1.29, 1.82) is 0 Å². The Morgan fingerprint density at radius 2 is 1.90 bits per heavy atom. The third-order valence-corrected chi connectivity index (χ3v) is 10.4. The molecule has 1 aliphatic rings. The van der Waals surface area contributed by atoms with Gasteiger partial charge >= 0.3 is 0 Å². The van der Waals surface area contributed by atoms with Gasteiger partial charge in [0.1, 0.15) is 16.9 Å². The summed E-state index contributed by atoms with van der Waals surface area (Å²) in [6, 6.07) is 13.4. The number of benzene rings is 3. The normalized spacial score (nSPS) is 17.8. The summed E-state index contributed by atoms with van der Waals surface area (Å²) in [4.78, 5) is 19.1. The van der Waals surface area contributed by atoms with Crippen LogP contribution < -0.4 is 9.44 Å².